The quantitative estimate of drug-likeness (QED) is 0.590. The highest BCUT2D eigenvalue weighted by atomic mass is 19.1. The number of likely N-dealkylation sites (N-methyl/N-ethyl adjacent to an activating group) is 1. The molecule has 0 aliphatic carbocycles. The molecular weight excluding hydrogens is 235 g/mol. The zero-order valence-corrected chi connectivity index (χ0v) is 10.6. The first-order valence-corrected chi connectivity index (χ1v) is 5.89. The second-order valence-electron chi connectivity index (χ2n) is 4.43. The molecule has 0 bridgehead atoms. The second kappa shape index (κ2) is 5.35. The number of anilines is 1. The van der Waals surface area contributed by atoms with Gasteiger partial charge in [0.05, 0.1) is 12.7 Å². The zero-order chi connectivity index (χ0) is 13.1. The van der Waals surface area contributed by atoms with Crippen LogP contribution in [0.2, 0.25) is 0 Å². The fourth-order valence-corrected chi connectivity index (χ4v) is 2.06. The van der Waals surface area contributed by atoms with Crippen LogP contribution in [-0.2, 0) is 4.74 Å². The molecule has 1 aliphatic rings. The molecule has 1 aliphatic heterocycles. The number of ether oxygens (including phenoxy) is 1. The smallest absolute Gasteiger partial charge is 0.337 e. The van der Waals surface area contributed by atoms with E-state index in [-0.39, 0.29) is 5.97 Å². The summed E-state index contributed by atoms with van der Waals surface area (Å²) in [6.45, 7) is 1.88. The number of carbonyl (C=O) groups is 1. The van der Waals surface area contributed by atoms with Crippen LogP contribution in [0.1, 0.15) is 10.4 Å². The van der Waals surface area contributed by atoms with Gasteiger partial charge in [-0.15, -0.1) is 0 Å². The van der Waals surface area contributed by atoms with Gasteiger partial charge in [0.1, 0.15) is 0 Å². The van der Waals surface area contributed by atoms with E-state index in [2.05, 4.69) is 4.74 Å². The zero-order valence-electron chi connectivity index (χ0n) is 10.6. The maximum Gasteiger partial charge on any atom is 0.337 e. The van der Waals surface area contributed by atoms with Crippen LogP contribution in [0, 0.1) is 0 Å². The van der Waals surface area contributed by atoms with Crippen molar-refractivity contribution in [3.8, 4) is 0 Å². The van der Waals surface area contributed by atoms with Gasteiger partial charge in [-0.3, -0.25) is 4.90 Å². The van der Waals surface area contributed by atoms with Crippen molar-refractivity contribution in [2.45, 2.75) is 6.30 Å². The third kappa shape index (κ3) is 2.61. The molecule has 4 nitrogen and oxygen atoms in total. The third-order valence-corrected chi connectivity index (χ3v) is 3.14. The second-order valence-corrected chi connectivity index (χ2v) is 4.43. The lowest BCUT2D eigenvalue weighted by Gasteiger charge is -2.37. The summed E-state index contributed by atoms with van der Waals surface area (Å²) in [6.07, 6.45) is -1.01. The summed E-state index contributed by atoms with van der Waals surface area (Å²) in [4.78, 5) is 15.0. The Morgan fingerprint density at radius 1 is 1.33 bits per heavy atom. The van der Waals surface area contributed by atoms with E-state index >= 15 is 0 Å². The molecule has 98 valence electrons. The van der Waals surface area contributed by atoms with E-state index in [9.17, 15) is 9.18 Å². The molecule has 1 aromatic rings. The maximum atomic E-state index is 13.9. The number of alkyl halides is 1. The maximum absolute atomic E-state index is 13.9. The number of hydrogen-bond donors (Lipinski definition) is 0. The number of halogens is 1. The van der Waals surface area contributed by atoms with Crippen molar-refractivity contribution >= 4 is 11.7 Å². The molecule has 2 rings (SSSR count). The van der Waals surface area contributed by atoms with E-state index in [0.717, 1.165) is 12.2 Å². The molecule has 0 saturated carbocycles. The van der Waals surface area contributed by atoms with E-state index in [4.69, 9.17) is 0 Å². The molecule has 0 N–H and O–H groups in total. The fourth-order valence-electron chi connectivity index (χ4n) is 2.06. The van der Waals surface area contributed by atoms with Gasteiger partial charge in [-0.2, -0.15) is 0 Å². The summed E-state index contributed by atoms with van der Waals surface area (Å²) >= 11 is 0. The molecule has 18 heavy (non-hydrogen) atoms. The molecule has 0 spiro atoms. The van der Waals surface area contributed by atoms with Crippen molar-refractivity contribution in [1.82, 2.24) is 4.90 Å². The highest BCUT2D eigenvalue weighted by Gasteiger charge is 2.24. The number of rotatable bonds is 2. The Morgan fingerprint density at radius 2 is 2.00 bits per heavy atom. The monoisotopic (exact) mass is 252 g/mol. The van der Waals surface area contributed by atoms with E-state index in [1.807, 2.05) is 11.9 Å². The fraction of sp³-hybridized carbons (Fsp3) is 0.462. The minimum Gasteiger partial charge on any atom is -0.465 e. The highest BCUT2D eigenvalue weighted by molar-refractivity contribution is 5.89. The molecule has 0 radical (unpaired) electrons. The largest absolute Gasteiger partial charge is 0.465 e. The SMILES string of the molecule is COC(=O)c1ccc(N2CCN(C)CC2F)cc1. The van der Waals surface area contributed by atoms with E-state index in [1.165, 1.54) is 7.11 Å². The molecular formula is C13H17FN2O2. The van der Waals surface area contributed by atoms with E-state index in [0.29, 0.717) is 18.7 Å². The summed E-state index contributed by atoms with van der Waals surface area (Å²) in [7, 11) is 3.25. The van der Waals surface area contributed by atoms with Gasteiger partial charge in [0.2, 0.25) is 0 Å². The van der Waals surface area contributed by atoms with Crippen LogP contribution in [-0.4, -0.2) is 51.0 Å². The molecule has 1 unspecified atom stereocenters. The van der Waals surface area contributed by atoms with Crippen LogP contribution >= 0.6 is 0 Å². The topological polar surface area (TPSA) is 32.8 Å². The first kappa shape index (κ1) is 12.8. The Labute approximate surface area is 106 Å². The normalized spacial score (nSPS) is 20.8. The van der Waals surface area contributed by atoms with Crippen LogP contribution in [0.25, 0.3) is 0 Å². The van der Waals surface area contributed by atoms with Crippen molar-refractivity contribution in [3.05, 3.63) is 29.8 Å². The lowest BCUT2D eigenvalue weighted by molar-refractivity contribution is 0.0601. The van der Waals surface area contributed by atoms with Gasteiger partial charge in [0, 0.05) is 25.3 Å². The molecule has 0 aromatic heterocycles. The number of nitrogens with zero attached hydrogens (tertiary/aromatic N) is 2. The average Bonchev–Trinajstić information content (AvgIpc) is 2.38. The summed E-state index contributed by atoms with van der Waals surface area (Å²) in [6, 6.07) is 6.83. The molecule has 0 amide bonds. The van der Waals surface area contributed by atoms with Crippen molar-refractivity contribution < 1.29 is 13.9 Å². The molecule has 1 aromatic carbocycles. The lowest BCUT2D eigenvalue weighted by Crippen LogP contribution is -2.49. The summed E-state index contributed by atoms with van der Waals surface area (Å²) < 4.78 is 18.5. The van der Waals surface area contributed by atoms with E-state index in [1.54, 1.807) is 29.2 Å². The number of hydrogen-bond acceptors (Lipinski definition) is 4. The van der Waals surface area contributed by atoms with Crippen LogP contribution < -0.4 is 4.90 Å². The van der Waals surface area contributed by atoms with Gasteiger partial charge in [0.15, 0.2) is 6.30 Å². The predicted molar refractivity (Wildman–Crippen MR) is 67.5 cm³/mol. The van der Waals surface area contributed by atoms with Crippen molar-refractivity contribution in [2.24, 2.45) is 0 Å². The summed E-state index contributed by atoms with van der Waals surface area (Å²) in [5.41, 5.74) is 1.27. The Morgan fingerprint density at radius 3 is 2.56 bits per heavy atom. The van der Waals surface area contributed by atoms with Crippen molar-refractivity contribution in [3.63, 3.8) is 0 Å². The summed E-state index contributed by atoms with van der Waals surface area (Å²) in [5, 5.41) is 0. The van der Waals surface area contributed by atoms with Gasteiger partial charge in [-0.25, -0.2) is 9.18 Å². The molecule has 1 atom stereocenters. The Bertz CT molecular complexity index is 422. The van der Waals surface area contributed by atoms with Crippen LogP contribution in [0.15, 0.2) is 24.3 Å². The molecule has 1 saturated heterocycles. The minimum atomic E-state index is -1.01. The molecule has 1 fully saturated rings. The first-order valence-electron chi connectivity index (χ1n) is 5.89. The van der Waals surface area contributed by atoms with Gasteiger partial charge < -0.3 is 9.64 Å². The first-order chi connectivity index (χ1) is 8.61. The minimum absolute atomic E-state index is 0.378. The molecule has 1 heterocycles. The number of methoxy groups -OCH3 is 1. The van der Waals surface area contributed by atoms with Gasteiger partial charge in [-0.1, -0.05) is 0 Å². The Kier molecular flexibility index (Phi) is 3.81. The number of piperazine rings is 1. The number of benzene rings is 1. The third-order valence-electron chi connectivity index (χ3n) is 3.14. The van der Waals surface area contributed by atoms with Crippen molar-refractivity contribution in [2.75, 3.05) is 38.7 Å². The van der Waals surface area contributed by atoms with Crippen LogP contribution in [0.4, 0.5) is 10.1 Å². The van der Waals surface area contributed by atoms with Gasteiger partial charge >= 0.3 is 5.97 Å². The van der Waals surface area contributed by atoms with Crippen molar-refractivity contribution in [1.29, 1.82) is 0 Å². The Balaban J connectivity index is 2.12. The highest BCUT2D eigenvalue weighted by Crippen LogP contribution is 2.21. The lowest BCUT2D eigenvalue weighted by atomic mass is 10.2. The number of carbonyl (C=O) groups excluding carboxylic acids is 1. The van der Waals surface area contributed by atoms with Crippen LogP contribution in [0.5, 0.6) is 0 Å². The predicted octanol–water partition coefficient (Wildman–Crippen LogP) is 1.52. The van der Waals surface area contributed by atoms with Gasteiger partial charge in [-0.05, 0) is 31.3 Å². The molecule has 5 heteroatoms. The van der Waals surface area contributed by atoms with E-state index < -0.39 is 6.30 Å². The van der Waals surface area contributed by atoms with Crippen LogP contribution in [0.3, 0.4) is 0 Å². The Hall–Kier alpha value is -1.62. The standard InChI is InChI=1S/C13H17FN2O2/c1-15-7-8-16(12(14)9-15)11-5-3-10(4-6-11)13(17)18-2/h3-6,12H,7-9H2,1-2H3. The summed E-state index contributed by atoms with van der Waals surface area (Å²) in [5.74, 6) is -0.378. The number of esters is 1. The average molecular weight is 252 g/mol. The van der Waals surface area contributed by atoms with Gasteiger partial charge in [0.25, 0.3) is 0 Å².